The van der Waals surface area contributed by atoms with Gasteiger partial charge in [-0.2, -0.15) is 10.2 Å². The number of fused-ring (bicyclic) bond motifs is 1. The Morgan fingerprint density at radius 3 is 2.79 bits per heavy atom. The summed E-state index contributed by atoms with van der Waals surface area (Å²) in [6.07, 6.45) is 7.30. The summed E-state index contributed by atoms with van der Waals surface area (Å²) in [6.45, 7) is 6.95. The number of pyridine rings is 1. The van der Waals surface area contributed by atoms with Gasteiger partial charge in [0.25, 0.3) is 0 Å². The summed E-state index contributed by atoms with van der Waals surface area (Å²) in [6, 6.07) is 6.22. The molecule has 0 bridgehead atoms. The normalized spacial score (nSPS) is 15.4. The first-order chi connectivity index (χ1) is 16.0. The average molecular weight is 467 g/mol. The highest BCUT2D eigenvalue weighted by molar-refractivity contribution is 6.33. The first kappa shape index (κ1) is 21.8. The standard InChI is InChI=1S/C23H27ClN8O/c1-15-21(16(2)32(29-15)17-6-9-30(10-7-17)11-12-33)27-23-25-14-19(24)22(28-23)18-13-26-31-8-4-3-5-20(18)31/h3-5,8,13-14,17,33H,6-7,9-12H2,1-2H3,(H,25,27,28). The van der Waals surface area contributed by atoms with Crippen molar-refractivity contribution in [1.29, 1.82) is 0 Å². The van der Waals surface area contributed by atoms with E-state index in [0.717, 1.165) is 60.6 Å². The zero-order valence-corrected chi connectivity index (χ0v) is 19.5. The van der Waals surface area contributed by atoms with Gasteiger partial charge in [-0.3, -0.25) is 4.68 Å². The third-order valence-electron chi connectivity index (χ3n) is 6.31. The Hall–Kier alpha value is -3.01. The second-order valence-electron chi connectivity index (χ2n) is 8.39. The molecule has 0 spiro atoms. The van der Waals surface area contributed by atoms with E-state index in [0.29, 0.717) is 22.7 Å². The van der Waals surface area contributed by atoms with Crippen molar-refractivity contribution in [1.82, 2.24) is 34.3 Å². The summed E-state index contributed by atoms with van der Waals surface area (Å²) in [7, 11) is 0. The number of piperidine rings is 1. The molecule has 1 aliphatic rings. The van der Waals surface area contributed by atoms with Gasteiger partial charge < -0.3 is 15.3 Å². The Labute approximate surface area is 197 Å². The van der Waals surface area contributed by atoms with Crippen LogP contribution in [0, 0.1) is 13.8 Å². The largest absolute Gasteiger partial charge is 0.395 e. The van der Waals surface area contributed by atoms with Crippen LogP contribution in [0.1, 0.15) is 30.3 Å². The average Bonchev–Trinajstić information content (AvgIpc) is 3.37. The number of aliphatic hydroxyl groups is 1. The highest BCUT2D eigenvalue weighted by atomic mass is 35.5. The summed E-state index contributed by atoms with van der Waals surface area (Å²) in [5.41, 5.74) is 5.29. The lowest BCUT2D eigenvalue weighted by Gasteiger charge is -2.32. The van der Waals surface area contributed by atoms with Crippen LogP contribution < -0.4 is 5.32 Å². The highest BCUT2D eigenvalue weighted by Gasteiger charge is 2.24. The molecule has 0 radical (unpaired) electrons. The van der Waals surface area contributed by atoms with Crippen LogP contribution in [0.2, 0.25) is 5.02 Å². The highest BCUT2D eigenvalue weighted by Crippen LogP contribution is 2.32. The van der Waals surface area contributed by atoms with Crippen LogP contribution in [0.3, 0.4) is 0 Å². The van der Waals surface area contributed by atoms with E-state index < -0.39 is 0 Å². The molecule has 2 N–H and O–H groups in total. The number of halogens is 1. The molecule has 10 heteroatoms. The second-order valence-corrected chi connectivity index (χ2v) is 8.80. The molecule has 5 rings (SSSR count). The van der Waals surface area contributed by atoms with Gasteiger partial charge in [-0.1, -0.05) is 17.7 Å². The lowest BCUT2D eigenvalue weighted by atomic mass is 10.1. The molecular weight excluding hydrogens is 440 g/mol. The number of nitrogens with zero attached hydrogens (tertiary/aromatic N) is 7. The van der Waals surface area contributed by atoms with Crippen molar-refractivity contribution in [3.63, 3.8) is 0 Å². The number of hydrogen-bond acceptors (Lipinski definition) is 7. The van der Waals surface area contributed by atoms with E-state index in [-0.39, 0.29) is 6.61 Å². The van der Waals surface area contributed by atoms with Crippen LogP contribution in [0.15, 0.2) is 36.8 Å². The van der Waals surface area contributed by atoms with Gasteiger partial charge in [-0.25, -0.2) is 14.5 Å². The van der Waals surface area contributed by atoms with Crippen molar-refractivity contribution in [3.05, 3.63) is 53.2 Å². The van der Waals surface area contributed by atoms with Crippen molar-refractivity contribution in [2.24, 2.45) is 0 Å². The summed E-state index contributed by atoms with van der Waals surface area (Å²) in [5, 5.41) is 22.2. The Balaban J connectivity index is 1.41. The lowest BCUT2D eigenvalue weighted by molar-refractivity contribution is 0.145. The number of β-amino-alcohol motifs (C(OH)–C–C–N with tert-alkyl or cyclic N) is 1. The zero-order chi connectivity index (χ0) is 22.9. The zero-order valence-electron chi connectivity index (χ0n) is 18.7. The quantitative estimate of drug-likeness (QED) is 0.448. The maximum atomic E-state index is 9.18. The molecule has 0 unspecified atom stereocenters. The predicted molar refractivity (Wildman–Crippen MR) is 128 cm³/mol. The van der Waals surface area contributed by atoms with Crippen molar-refractivity contribution in [2.45, 2.75) is 32.7 Å². The van der Waals surface area contributed by atoms with Gasteiger partial charge in [-0.15, -0.1) is 0 Å². The first-order valence-electron chi connectivity index (χ1n) is 11.2. The van der Waals surface area contributed by atoms with Gasteiger partial charge in [0.1, 0.15) is 0 Å². The molecule has 33 heavy (non-hydrogen) atoms. The van der Waals surface area contributed by atoms with Gasteiger partial charge >= 0.3 is 0 Å². The molecule has 4 aromatic rings. The minimum absolute atomic E-state index is 0.205. The molecule has 0 saturated carbocycles. The maximum absolute atomic E-state index is 9.18. The van der Waals surface area contributed by atoms with Crippen molar-refractivity contribution < 1.29 is 5.11 Å². The van der Waals surface area contributed by atoms with Crippen LogP contribution in [-0.2, 0) is 0 Å². The fourth-order valence-corrected chi connectivity index (χ4v) is 4.77. The minimum Gasteiger partial charge on any atom is -0.395 e. The first-order valence-corrected chi connectivity index (χ1v) is 11.5. The van der Waals surface area contributed by atoms with Crippen LogP contribution in [0.25, 0.3) is 16.8 Å². The van der Waals surface area contributed by atoms with Gasteiger partial charge in [0.2, 0.25) is 5.95 Å². The molecule has 4 aromatic heterocycles. The van der Waals surface area contributed by atoms with Crippen molar-refractivity contribution in [2.75, 3.05) is 31.6 Å². The smallest absolute Gasteiger partial charge is 0.227 e. The van der Waals surface area contributed by atoms with E-state index in [9.17, 15) is 5.11 Å². The molecule has 1 saturated heterocycles. The van der Waals surface area contributed by atoms with Crippen molar-refractivity contribution >= 4 is 28.8 Å². The van der Waals surface area contributed by atoms with Crippen LogP contribution in [0.4, 0.5) is 11.6 Å². The topological polar surface area (TPSA) is 96.4 Å². The Morgan fingerprint density at radius 2 is 2.00 bits per heavy atom. The Morgan fingerprint density at radius 1 is 1.18 bits per heavy atom. The number of aryl methyl sites for hydroxylation is 1. The third-order valence-corrected chi connectivity index (χ3v) is 6.58. The van der Waals surface area contributed by atoms with E-state index in [1.807, 2.05) is 31.3 Å². The van der Waals surface area contributed by atoms with Crippen LogP contribution in [0.5, 0.6) is 0 Å². The number of likely N-dealkylation sites (tertiary alicyclic amines) is 1. The second kappa shape index (κ2) is 9.09. The molecular formula is C23H27ClN8O. The summed E-state index contributed by atoms with van der Waals surface area (Å²) >= 11 is 6.47. The van der Waals surface area contributed by atoms with E-state index in [4.69, 9.17) is 21.7 Å². The molecule has 5 heterocycles. The van der Waals surface area contributed by atoms with E-state index in [2.05, 4.69) is 31.9 Å². The number of aromatic nitrogens is 6. The van der Waals surface area contributed by atoms with E-state index in [1.165, 1.54) is 0 Å². The van der Waals surface area contributed by atoms with Crippen LogP contribution >= 0.6 is 11.6 Å². The minimum atomic E-state index is 0.205. The molecule has 0 amide bonds. The molecule has 172 valence electrons. The Kier molecular flexibility index (Phi) is 6.01. The predicted octanol–water partition coefficient (Wildman–Crippen LogP) is 3.63. The number of aliphatic hydroxyl groups excluding tert-OH is 1. The number of nitrogens with one attached hydrogen (secondary N) is 1. The van der Waals surface area contributed by atoms with Crippen molar-refractivity contribution in [3.8, 4) is 11.3 Å². The number of hydrogen-bond donors (Lipinski definition) is 2. The third kappa shape index (κ3) is 4.19. The number of rotatable bonds is 6. The monoisotopic (exact) mass is 466 g/mol. The van der Waals surface area contributed by atoms with Gasteiger partial charge in [0, 0.05) is 31.4 Å². The summed E-state index contributed by atoms with van der Waals surface area (Å²) in [5.74, 6) is 0.466. The van der Waals surface area contributed by atoms with Gasteiger partial charge in [-0.05, 0) is 38.8 Å². The summed E-state index contributed by atoms with van der Waals surface area (Å²) in [4.78, 5) is 11.4. The van der Waals surface area contributed by atoms with Gasteiger partial charge in [0.05, 0.1) is 58.4 Å². The van der Waals surface area contributed by atoms with Crippen LogP contribution in [-0.4, -0.2) is 65.6 Å². The molecule has 1 fully saturated rings. The summed E-state index contributed by atoms with van der Waals surface area (Å²) < 4.78 is 3.92. The Bertz CT molecular complexity index is 1270. The van der Waals surface area contributed by atoms with Gasteiger partial charge in [0.15, 0.2) is 0 Å². The van der Waals surface area contributed by atoms with E-state index in [1.54, 1.807) is 16.9 Å². The van der Waals surface area contributed by atoms with E-state index >= 15 is 0 Å². The maximum Gasteiger partial charge on any atom is 0.227 e. The SMILES string of the molecule is Cc1nn(C2CCN(CCO)CC2)c(C)c1Nc1ncc(Cl)c(-c2cnn3ccccc23)n1. The fourth-order valence-electron chi connectivity index (χ4n) is 4.57. The molecule has 1 aliphatic heterocycles. The lowest BCUT2D eigenvalue weighted by Crippen LogP contribution is -2.36. The molecule has 0 atom stereocenters. The molecule has 0 aromatic carbocycles. The molecule has 0 aliphatic carbocycles. The number of anilines is 2. The fraction of sp³-hybridized carbons (Fsp3) is 0.391. The molecule has 9 nitrogen and oxygen atoms in total.